The van der Waals surface area contributed by atoms with Crippen molar-refractivity contribution in [3.05, 3.63) is 29.5 Å². The zero-order valence-electron chi connectivity index (χ0n) is 10.5. The van der Waals surface area contributed by atoms with Crippen LogP contribution in [0.5, 0.6) is 0 Å². The average molecular weight is 229 g/mol. The number of fused-ring (bicyclic) bond motifs is 1. The van der Waals surface area contributed by atoms with Crippen molar-refractivity contribution in [3.63, 3.8) is 0 Å². The van der Waals surface area contributed by atoms with E-state index in [-0.39, 0.29) is 0 Å². The summed E-state index contributed by atoms with van der Waals surface area (Å²) in [4.78, 5) is 0. The van der Waals surface area contributed by atoms with Gasteiger partial charge in [0.15, 0.2) is 0 Å². The zero-order valence-corrected chi connectivity index (χ0v) is 10.5. The number of piperidine rings is 1. The first-order chi connectivity index (χ1) is 8.25. The van der Waals surface area contributed by atoms with Gasteiger partial charge in [-0.25, -0.2) is 0 Å². The number of rotatable bonds is 1. The molecule has 3 heteroatoms. The summed E-state index contributed by atoms with van der Waals surface area (Å²) in [5.41, 5.74) is 4.02. The summed E-state index contributed by atoms with van der Waals surface area (Å²) in [7, 11) is 0. The first-order valence-corrected chi connectivity index (χ1v) is 6.40. The first kappa shape index (κ1) is 10.8. The van der Waals surface area contributed by atoms with Gasteiger partial charge in [-0.2, -0.15) is 5.10 Å². The number of aromatic amines is 1. The minimum Gasteiger partial charge on any atom is -0.316 e. The standard InChI is InChI=1S/C14H19N3/c1-9-3-4-15-8-13(9)12-6-14-11(5-10(12)2)7-16-17-14/h5-7,9,13,15H,3-4,8H2,1-2H3,(H,16,17). The Kier molecular flexibility index (Phi) is 2.63. The van der Waals surface area contributed by atoms with Crippen LogP contribution >= 0.6 is 0 Å². The number of benzene rings is 1. The van der Waals surface area contributed by atoms with E-state index in [1.807, 2.05) is 6.20 Å². The van der Waals surface area contributed by atoms with Crippen molar-refractivity contribution < 1.29 is 0 Å². The van der Waals surface area contributed by atoms with E-state index in [4.69, 9.17) is 0 Å². The molecule has 3 rings (SSSR count). The van der Waals surface area contributed by atoms with Crippen LogP contribution in [0.3, 0.4) is 0 Å². The van der Waals surface area contributed by atoms with Crippen LogP contribution in [0.4, 0.5) is 0 Å². The topological polar surface area (TPSA) is 40.7 Å². The van der Waals surface area contributed by atoms with Gasteiger partial charge in [-0.15, -0.1) is 0 Å². The van der Waals surface area contributed by atoms with E-state index >= 15 is 0 Å². The molecular weight excluding hydrogens is 210 g/mol. The molecule has 0 saturated carbocycles. The van der Waals surface area contributed by atoms with Gasteiger partial charge in [0.2, 0.25) is 0 Å². The summed E-state index contributed by atoms with van der Waals surface area (Å²) in [6.07, 6.45) is 3.17. The number of nitrogens with zero attached hydrogens (tertiary/aromatic N) is 1. The monoisotopic (exact) mass is 229 g/mol. The van der Waals surface area contributed by atoms with Crippen molar-refractivity contribution in [2.75, 3.05) is 13.1 Å². The summed E-state index contributed by atoms with van der Waals surface area (Å²) >= 11 is 0. The highest BCUT2D eigenvalue weighted by atomic mass is 15.1. The zero-order chi connectivity index (χ0) is 11.8. The second kappa shape index (κ2) is 4.15. The minimum atomic E-state index is 0.636. The van der Waals surface area contributed by atoms with Crippen LogP contribution in [0.25, 0.3) is 10.9 Å². The summed E-state index contributed by atoms with van der Waals surface area (Å²) in [6, 6.07) is 4.53. The molecule has 2 aromatic rings. The van der Waals surface area contributed by atoms with Crippen LogP contribution in [0.1, 0.15) is 30.4 Å². The van der Waals surface area contributed by atoms with Crippen molar-refractivity contribution in [3.8, 4) is 0 Å². The van der Waals surface area contributed by atoms with E-state index in [1.165, 1.54) is 22.9 Å². The van der Waals surface area contributed by atoms with Gasteiger partial charge in [-0.3, -0.25) is 5.10 Å². The van der Waals surface area contributed by atoms with Gasteiger partial charge < -0.3 is 5.32 Å². The summed E-state index contributed by atoms with van der Waals surface area (Å²) in [6.45, 7) is 6.83. The second-order valence-electron chi connectivity index (χ2n) is 5.24. The molecule has 1 aliphatic heterocycles. The molecule has 1 aliphatic rings. The largest absolute Gasteiger partial charge is 0.316 e. The van der Waals surface area contributed by atoms with Crippen LogP contribution < -0.4 is 5.32 Å². The lowest BCUT2D eigenvalue weighted by Crippen LogP contribution is -2.34. The molecule has 0 amide bonds. The Morgan fingerprint density at radius 1 is 1.35 bits per heavy atom. The third-order valence-corrected chi connectivity index (χ3v) is 4.05. The van der Waals surface area contributed by atoms with E-state index < -0.39 is 0 Å². The van der Waals surface area contributed by atoms with Gasteiger partial charge in [0.25, 0.3) is 0 Å². The molecular formula is C14H19N3. The minimum absolute atomic E-state index is 0.636. The number of nitrogens with one attached hydrogen (secondary N) is 2. The molecule has 3 nitrogen and oxygen atoms in total. The molecule has 17 heavy (non-hydrogen) atoms. The van der Waals surface area contributed by atoms with Gasteiger partial charge in [-0.05, 0) is 55.0 Å². The fourth-order valence-electron chi connectivity index (χ4n) is 2.93. The SMILES string of the molecule is Cc1cc2cn[nH]c2cc1C1CNCCC1C. The molecule has 2 unspecified atom stereocenters. The van der Waals surface area contributed by atoms with Crippen molar-refractivity contribution in [2.24, 2.45) is 5.92 Å². The molecule has 2 heterocycles. The van der Waals surface area contributed by atoms with Crippen molar-refractivity contribution in [1.29, 1.82) is 0 Å². The average Bonchev–Trinajstić information content (AvgIpc) is 2.76. The highest BCUT2D eigenvalue weighted by molar-refractivity contribution is 5.79. The fourth-order valence-corrected chi connectivity index (χ4v) is 2.93. The van der Waals surface area contributed by atoms with E-state index in [9.17, 15) is 0 Å². The number of hydrogen-bond acceptors (Lipinski definition) is 2. The smallest absolute Gasteiger partial charge is 0.0653 e. The summed E-state index contributed by atoms with van der Waals surface area (Å²) in [5.74, 6) is 1.40. The van der Waals surface area contributed by atoms with Gasteiger partial charge in [0.1, 0.15) is 0 Å². The molecule has 0 radical (unpaired) electrons. The van der Waals surface area contributed by atoms with E-state index in [0.29, 0.717) is 5.92 Å². The summed E-state index contributed by atoms with van der Waals surface area (Å²) in [5, 5.41) is 11.9. The van der Waals surface area contributed by atoms with Crippen LogP contribution in [-0.4, -0.2) is 23.3 Å². The maximum Gasteiger partial charge on any atom is 0.0653 e. The number of hydrogen-bond donors (Lipinski definition) is 2. The Morgan fingerprint density at radius 3 is 3.06 bits per heavy atom. The van der Waals surface area contributed by atoms with Crippen molar-refractivity contribution in [1.82, 2.24) is 15.5 Å². The summed E-state index contributed by atoms with van der Waals surface area (Å²) < 4.78 is 0. The van der Waals surface area contributed by atoms with Crippen LogP contribution in [-0.2, 0) is 0 Å². The lowest BCUT2D eigenvalue weighted by atomic mass is 9.81. The molecule has 90 valence electrons. The maximum absolute atomic E-state index is 4.11. The first-order valence-electron chi connectivity index (χ1n) is 6.40. The van der Waals surface area contributed by atoms with Crippen molar-refractivity contribution in [2.45, 2.75) is 26.2 Å². The molecule has 2 atom stereocenters. The highest BCUT2D eigenvalue weighted by Crippen LogP contribution is 2.32. The molecule has 1 saturated heterocycles. The third kappa shape index (κ3) is 1.84. The Balaban J connectivity index is 2.05. The molecule has 0 bridgehead atoms. The molecule has 1 aromatic heterocycles. The quantitative estimate of drug-likeness (QED) is 0.789. The van der Waals surface area contributed by atoms with Crippen LogP contribution in [0, 0.1) is 12.8 Å². The Morgan fingerprint density at radius 2 is 2.24 bits per heavy atom. The Hall–Kier alpha value is -1.35. The normalized spacial score (nSPS) is 25.3. The van der Waals surface area contributed by atoms with Gasteiger partial charge in [0, 0.05) is 11.9 Å². The molecule has 0 aliphatic carbocycles. The van der Waals surface area contributed by atoms with Gasteiger partial charge in [-0.1, -0.05) is 6.92 Å². The van der Waals surface area contributed by atoms with Crippen LogP contribution in [0.15, 0.2) is 18.3 Å². The van der Waals surface area contributed by atoms with E-state index in [2.05, 4.69) is 41.5 Å². The number of H-pyrrole nitrogens is 1. The van der Waals surface area contributed by atoms with E-state index in [0.717, 1.165) is 24.5 Å². The molecule has 1 aromatic carbocycles. The molecule has 2 N–H and O–H groups in total. The second-order valence-corrected chi connectivity index (χ2v) is 5.24. The highest BCUT2D eigenvalue weighted by Gasteiger charge is 2.24. The lowest BCUT2D eigenvalue weighted by molar-refractivity contribution is 0.347. The molecule has 1 fully saturated rings. The predicted octanol–water partition coefficient (Wildman–Crippen LogP) is 2.58. The van der Waals surface area contributed by atoms with Gasteiger partial charge >= 0.3 is 0 Å². The van der Waals surface area contributed by atoms with E-state index in [1.54, 1.807) is 0 Å². The third-order valence-electron chi connectivity index (χ3n) is 4.05. The fraction of sp³-hybridized carbons (Fsp3) is 0.500. The maximum atomic E-state index is 4.11. The van der Waals surface area contributed by atoms with Crippen LogP contribution in [0.2, 0.25) is 0 Å². The van der Waals surface area contributed by atoms with Gasteiger partial charge in [0.05, 0.1) is 11.7 Å². The number of aromatic nitrogens is 2. The Bertz CT molecular complexity index is 529. The number of aryl methyl sites for hydroxylation is 1. The predicted molar refractivity (Wildman–Crippen MR) is 70.2 cm³/mol. The van der Waals surface area contributed by atoms with Crippen molar-refractivity contribution >= 4 is 10.9 Å². The lowest BCUT2D eigenvalue weighted by Gasteiger charge is -2.31. The Labute approximate surface area is 102 Å². The molecule has 0 spiro atoms.